The fourth-order valence-corrected chi connectivity index (χ4v) is 2.94. The second-order valence-corrected chi connectivity index (χ2v) is 5.39. The van der Waals surface area contributed by atoms with E-state index in [4.69, 9.17) is 9.47 Å². The highest BCUT2D eigenvalue weighted by Gasteiger charge is 2.36. The van der Waals surface area contributed by atoms with Gasteiger partial charge >= 0.3 is 0 Å². The van der Waals surface area contributed by atoms with Gasteiger partial charge < -0.3 is 19.4 Å². The van der Waals surface area contributed by atoms with E-state index in [-0.39, 0.29) is 29.1 Å². The number of aromatic nitrogens is 2. The van der Waals surface area contributed by atoms with Crippen LogP contribution >= 0.6 is 0 Å². The van der Waals surface area contributed by atoms with Crippen LogP contribution in [0.3, 0.4) is 0 Å². The van der Waals surface area contributed by atoms with Gasteiger partial charge in [0.15, 0.2) is 5.82 Å². The molecule has 118 valence electrons. The summed E-state index contributed by atoms with van der Waals surface area (Å²) in [6.07, 6.45) is 2.04. The van der Waals surface area contributed by atoms with Crippen molar-refractivity contribution in [3.8, 4) is 0 Å². The number of halogens is 1. The van der Waals surface area contributed by atoms with E-state index in [1.807, 2.05) is 0 Å². The molecule has 3 rings (SSSR count). The zero-order valence-electron chi connectivity index (χ0n) is 12.5. The van der Waals surface area contributed by atoms with E-state index in [9.17, 15) is 9.18 Å². The molecule has 0 bridgehead atoms. The molecule has 0 unspecified atom stereocenters. The third kappa shape index (κ3) is 2.46. The molecule has 0 spiro atoms. The van der Waals surface area contributed by atoms with Gasteiger partial charge in [-0.2, -0.15) is 0 Å². The van der Waals surface area contributed by atoms with Gasteiger partial charge in [0.2, 0.25) is 0 Å². The summed E-state index contributed by atoms with van der Waals surface area (Å²) in [4.78, 5) is 21.1. The molecule has 6 nitrogen and oxygen atoms in total. The summed E-state index contributed by atoms with van der Waals surface area (Å²) in [5.41, 5.74) is 0.771. The normalized spacial score (nSPS) is 21.7. The highest BCUT2D eigenvalue weighted by atomic mass is 19.1. The molecule has 1 aromatic heterocycles. The lowest BCUT2D eigenvalue weighted by atomic mass is 10.1. The Labute approximate surface area is 127 Å². The minimum Gasteiger partial charge on any atom is -0.383 e. The molecule has 0 aliphatic carbocycles. The third-order valence-corrected chi connectivity index (χ3v) is 4.09. The summed E-state index contributed by atoms with van der Waals surface area (Å²) < 4.78 is 25.0. The molecule has 0 radical (unpaired) electrons. The van der Waals surface area contributed by atoms with E-state index >= 15 is 0 Å². The van der Waals surface area contributed by atoms with Crippen molar-refractivity contribution in [3.63, 3.8) is 0 Å². The molecule has 2 heterocycles. The largest absolute Gasteiger partial charge is 0.383 e. The second kappa shape index (κ2) is 6.02. The second-order valence-electron chi connectivity index (χ2n) is 5.39. The number of carbonyl (C=O) groups excluding carboxylic acids is 1. The fourth-order valence-electron chi connectivity index (χ4n) is 2.94. The van der Waals surface area contributed by atoms with Crippen molar-refractivity contribution >= 4 is 16.9 Å². The van der Waals surface area contributed by atoms with Gasteiger partial charge in [0.25, 0.3) is 5.91 Å². The van der Waals surface area contributed by atoms with Crippen molar-refractivity contribution in [3.05, 3.63) is 29.8 Å². The van der Waals surface area contributed by atoms with Gasteiger partial charge in [-0.05, 0) is 18.6 Å². The average molecular weight is 307 g/mol. The number of amides is 1. The lowest BCUT2D eigenvalue weighted by Crippen LogP contribution is -2.38. The SMILES string of the molecule is COC[C@@H]1C[C@@H](OC)CN1C(=O)c1ccc2[nH]cnc2c1F. The average Bonchev–Trinajstić information content (AvgIpc) is 3.14. The van der Waals surface area contributed by atoms with Crippen molar-refractivity contribution < 1.29 is 18.7 Å². The minimum atomic E-state index is -0.596. The van der Waals surface area contributed by atoms with E-state index in [1.54, 1.807) is 25.2 Å². The van der Waals surface area contributed by atoms with Crippen LogP contribution in [0.25, 0.3) is 11.0 Å². The predicted octanol–water partition coefficient (Wildman–Crippen LogP) is 1.58. The van der Waals surface area contributed by atoms with E-state index in [0.717, 1.165) is 0 Å². The Morgan fingerprint density at radius 1 is 1.50 bits per heavy atom. The first-order valence-electron chi connectivity index (χ1n) is 7.10. The smallest absolute Gasteiger partial charge is 0.257 e. The summed E-state index contributed by atoms with van der Waals surface area (Å²) in [5, 5.41) is 0. The molecule has 1 aromatic carbocycles. The van der Waals surface area contributed by atoms with Gasteiger partial charge in [-0.25, -0.2) is 9.37 Å². The van der Waals surface area contributed by atoms with Crippen molar-refractivity contribution in [2.45, 2.75) is 18.6 Å². The summed E-state index contributed by atoms with van der Waals surface area (Å²) >= 11 is 0. The van der Waals surface area contributed by atoms with Crippen LogP contribution in [0.15, 0.2) is 18.5 Å². The van der Waals surface area contributed by atoms with Gasteiger partial charge in [-0.3, -0.25) is 4.79 Å². The number of fused-ring (bicyclic) bond motifs is 1. The summed E-state index contributed by atoms with van der Waals surface area (Å²) in [6, 6.07) is 3.03. The van der Waals surface area contributed by atoms with Crippen molar-refractivity contribution in [2.24, 2.45) is 0 Å². The molecular formula is C15H18FN3O3. The lowest BCUT2D eigenvalue weighted by Gasteiger charge is -2.24. The maximum absolute atomic E-state index is 14.5. The predicted molar refractivity (Wildman–Crippen MR) is 78.2 cm³/mol. The Morgan fingerprint density at radius 2 is 2.32 bits per heavy atom. The number of hydrogen-bond donors (Lipinski definition) is 1. The number of hydrogen-bond acceptors (Lipinski definition) is 4. The van der Waals surface area contributed by atoms with Gasteiger partial charge in [0.1, 0.15) is 5.52 Å². The number of ether oxygens (including phenoxy) is 2. The number of nitrogens with one attached hydrogen (secondary N) is 1. The topological polar surface area (TPSA) is 67.5 Å². The quantitative estimate of drug-likeness (QED) is 0.931. The van der Waals surface area contributed by atoms with Crippen LogP contribution in [0.2, 0.25) is 0 Å². The highest BCUT2D eigenvalue weighted by Crippen LogP contribution is 2.25. The van der Waals surface area contributed by atoms with E-state index < -0.39 is 5.82 Å². The maximum atomic E-state index is 14.5. The molecule has 1 saturated heterocycles. The number of benzene rings is 1. The third-order valence-electron chi connectivity index (χ3n) is 4.09. The van der Waals surface area contributed by atoms with Gasteiger partial charge in [0, 0.05) is 20.8 Å². The minimum absolute atomic E-state index is 0.0254. The standard InChI is InChI=1S/C15H18FN3O3/c1-21-7-9-5-10(22-2)6-19(9)15(20)11-3-4-12-14(13(11)16)18-8-17-12/h3-4,8-10H,5-7H2,1-2H3,(H,17,18)/t9-,10+/m0/s1. The molecule has 2 atom stereocenters. The number of H-pyrrole nitrogens is 1. The molecule has 22 heavy (non-hydrogen) atoms. The first-order valence-corrected chi connectivity index (χ1v) is 7.10. The Bertz CT molecular complexity index is 688. The van der Waals surface area contributed by atoms with Crippen LogP contribution in [0.5, 0.6) is 0 Å². The van der Waals surface area contributed by atoms with Crippen molar-refractivity contribution in [2.75, 3.05) is 27.4 Å². The van der Waals surface area contributed by atoms with Crippen LogP contribution in [-0.2, 0) is 9.47 Å². The van der Waals surface area contributed by atoms with Crippen LogP contribution in [0, 0.1) is 5.82 Å². The lowest BCUT2D eigenvalue weighted by molar-refractivity contribution is 0.0608. The van der Waals surface area contributed by atoms with Gasteiger partial charge in [0.05, 0.1) is 36.2 Å². The maximum Gasteiger partial charge on any atom is 0.257 e. The Hall–Kier alpha value is -1.99. The molecule has 1 aliphatic rings. The molecule has 1 aliphatic heterocycles. The monoisotopic (exact) mass is 307 g/mol. The van der Waals surface area contributed by atoms with Gasteiger partial charge in [-0.1, -0.05) is 0 Å². The van der Waals surface area contributed by atoms with E-state index in [2.05, 4.69) is 9.97 Å². The molecule has 0 saturated carbocycles. The Kier molecular flexibility index (Phi) is 4.08. The number of likely N-dealkylation sites (tertiary alicyclic amines) is 1. The summed E-state index contributed by atoms with van der Waals surface area (Å²) in [5.74, 6) is -0.954. The fraction of sp³-hybridized carbons (Fsp3) is 0.467. The molecule has 1 N–H and O–H groups in total. The van der Waals surface area contributed by atoms with Crippen LogP contribution in [0.1, 0.15) is 16.8 Å². The number of aromatic amines is 1. The Balaban J connectivity index is 1.92. The molecule has 7 heteroatoms. The van der Waals surface area contributed by atoms with E-state index in [1.165, 1.54) is 12.4 Å². The van der Waals surface area contributed by atoms with Crippen LogP contribution in [0.4, 0.5) is 4.39 Å². The molecular weight excluding hydrogens is 289 g/mol. The van der Waals surface area contributed by atoms with E-state index in [0.29, 0.717) is 25.1 Å². The van der Waals surface area contributed by atoms with Gasteiger partial charge in [-0.15, -0.1) is 0 Å². The first kappa shape index (κ1) is 14.9. The molecule has 1 amide bonds. The highest BCUT2D eigenvalue weighted by molar-refractivity contribution is 5.98. The zero-order valence-corrected chi connectivity index (χ0v) is 12.5. The van der Waals surface area contributed by atoms with Crippen LogP contribution < -0.4 is 0 Å². The number of imidazole rings is 1. The van der Waals surface area contributed by atoms with Crippen LogP contribution in [-0.4, -0.2) is 60.3 Å². The number of rotatable bonds is 4. The summed E-state index contributed by atoms with van der Waals surface area (Å²) in [6.45, 7) is 0.833. The van der Waals surface area contributed by atoms with Crippen molar-refractivity contribution in [1.82, 2.24) is 14.9 Å². The molecule has 2 aromatic rings. The number of nitrogens with zero attached hydrogens (tertiary/aromatic N) is 2. The number of methoxy groups -OCH3 is 2. The summed E-state index contributed by atoms with van der Waals surface area (Å²) in [7, 11) is 3.19. The molecule has 1 fully saturated rings. The van der Waals surface area contributed by atoms with Crippen molar-refractivity contribution in [1.29, 1.82) is 0 Å². The number of carbonyl (C=O) groups is 1. The Morgan fingerprint density at radius 3 is 3.05 bits per heavy atom. The zero-order chi connectivity index (χ0) is 15.7. The first-order chi connectivity index (χ1) is 10.7.